The highest BCUT2D eigenvalue weighted by molar-refractivity contribution is 6.28. The zero-order valence-electron chi connectivity index (χ0n) is 18.7. The first-order chi connectivity index (χ1) is 16.8. The van der Waals surface area contributed by atoms with Gasteiger partial charge in [0.25, 0.3) is 0 Å². The minimum atomic E-state index is 0.822. The van der Waals surface area contributed by atoms with Gasteiger partial charge in [-0.3, -0.25) is 0 Å². The van der Waals surface area contributed by atoms with Gasteiger partial charge in [-0.2, -0.15) is 4.74 Å². The van der Waals surface area contributed by atoms with E-state index in [-0.39, 0.29) is 0 Å². The SMILES string of the molecule is C=C/C=C\C=C\n1oc2ccc3ccccc3c2c2c3ccccc3ccc2c2ccccc21. The van der Waals surface area contributed by atoms with Crippen LogP contribution in [0.15, 0.2) is 132 Å². The molecule has 5 aromatic carbocycles. The molecule has 0 saturated carbocycles. The van der Waals surface area contributed by atoms with Crippen LogP contribution in [0.4, 0.5) is 0 Å². The van der Waals surface area contributed by atoms with Gasteiger partial charge in [-0.25, -0.2) is 0 Å². The Labute approximate surface area is 197 Å². The van der Waals surface area contributed by atoms with E-state index < -0.39 is 0 Å². The molecule has 0 aliphatic rings. The second-order valence-electron chi connectivity index (χ2n) is 8.27. The highest BCUT2D eigenvalue weighted by atomic mass is 16.5. The van der Waals surface area contributed by atoms with Crippen molar-refractivity contribution >= 4 is 60.4 Å². The average Bonchev–Trinajstić information content (AvgIpc) is 2.89. The Morgan fingerprint density at radius 3 is 1.97 bits per heavy atom. The van der Waals surface area contributed by atoms with Crippen LogP contribution in [0.2, 0.25) is 0 Å². The molecule has 0 aliphatic heterocycles. The summed E-state index contributed by atoms with van der Waals surface area (Å²) in [4.78, 5) is 0. The number of para-hydroxylation sites is 1. The Bertz CT molecular complexity index is 1830. The van der Waals surface area contributed by atoms with Gasteiger partial charge >= 0.3 is 0 Å². The van der Waals surface area contributed by atoms with Gasteiger partial charge in [0.1, 0.15) is 0 Å². The fraction of sp³-hybridized carbons (Fsp3) is 0. The van der Waals surface area contributed by atoms with Crippen molar-refractivity contribution in [3.8, 4) is 0 Å². The first-order valence-electron chi connectivity index (χ1n) is 11.4. The van der Waals surface area contributed by atoms with E-state index in [0.29, 0.717) is 0 Å². The minimum Gasteiger partial charge on any atom is -0.375 e. The van der Waals surface area contributed by atoms with E-state index in [1.165, 1.54) is 32.3 Å². The molecule has 0 amide bonds. The Balaban J connectivity index is 1.95. The van der Waals surface area contributed by atoms with Gasteiger partial charge in [0.15, 0.2) is 5.58 Å². The van der Waals surface area contributed by atoms with E-state index in [1.54, 1.807) is 6.08 Å². The van der Waals surface area contributed by atoms with Crippen molar-refractivity contribution in [1.29, 1.82) is 0 Å². The van der Waals surface area contributed by atoms with Crippen LogP contribution in [-0.4, -0.2) is 4.74 Å². The predicted octanol–water partition coefficient (Wildman–Crippen LogP) is 9.18. The van der Waals surface area contributed by atoms with E-state index in [4.69, 9.17) is 4.52 Å². The molecule has 0 saturated heterocycles. The second kappa shape index (κ2) is 8.42. The normalized spacial score (nSPS) is 12.0. The van der Waals surface area contributed by atoms with Gasteiger partial charge in [0.2, 0.25) is 0 Å². The molecule has 0 fully saturated rings. The lowest BCUT2D eigenvalue weighted by molar-refractivity contribution is 0.396. The van der Waals surface area contributed by atoms with Crippen molar-refractivity contribution in [2.45, 2.75) is 0 Å². The molecule has 0 spiro atoms. The summed E-state index contributed by atoms with van der Waals surface area (Å²) >= 11 is 0. The van der Waals surface area contributed by atoms with Crippen molar-refractivity contribution in [1.82, 2.24) is 4.74 Å². The maximum Gasteiger partial charge on any atom is 0.164 e. The average molecular weight is 438 g/mol. The first kappa shape index (κ1) is 20.1. The highest BCUT2D eigenvalue weighted by Gasteiger charge is 2.12. The van der Waals surface area contributed by atoms with Gasteiger partial charge in [-0.1, -0.05) is 110 Å². The molecule has 0 N–H and O–H groups in total. The van der Waals surface area contributed by atoms with E-state index in [1.807, 2.05) is 35.2 Å². The molecule has 1 heterocycles. The van der Waals surface area contributed by atoms with Crippen LogP contribution in [0.1, 0.15) is 0 Å². The van der Waals surface area contributed by atoms with Gasteiger partial charge in [-0.15, -0.1) is 0 Å². The molecule has 0 bridgehead atoms. The molecule has 34 heavy (non-hydrogen) atoms. The third-order valence-corrected chi connectivity index (χ3v) is 6.28. The molecule has 0 aliphatic carbocycles. The third kappa shape index (κ3) is 3.28. The fourth-order valence-corrected chi connectivity index (χ4v) is 4.78. The Morgan fingerprint density at radius 2 is 1.21 bits per heavy atom. The molecule has 0 unspecified atom stereocenters. The Hall–Kier alpha value is -4.56. The summed E-state index contributed by atoms with van der Waals surface area (Å²) in [5, 5.41) is 9.42. The van der Waals surface area contributed by atoms with Gasteiger partial charge in [0.05, 0.1) is 5.52 Å². The molecule has 162 valence electrons. The standard InChI is InChI=1S/C32H23NO/c1-2-3-4-11-22-33-29-17-10-9-16-27(29)28-20-18-23-12-5-7-14-25(23)31(28)32-26-15-8-6-13-24(26)19-21-30(32)34-33/h2-22H,1H2/b4-3-,22-11+. The maximum atomic E-state index is 6.64. The highest BCUT2D eigenvalue weighted by Crippen LogP contribution is 2.37. The van der Waals surface area contributed by atoms with E-state index in [9.17, 15) is 0 Å². The first-order valence-corrected chi connectivity index (χ1v) is 11.4. The van der Waals surface area contributed by atoms with E-state index in [2.05, 4.69) is 97.6 Å². The molecule has 0 atom stereocenters. The summed E-state index contributed by atoms with van der Waals surface area (Å²) in [6, 6.07) is 34.2. The van der Waals surface area contributed by atoms with Gasteiger partial charge < -0.3 is 4.52 Å². The number of hydrogen-bond donors (Lipinski definition) is 0. The summed E-state index contributed by atoms with van der Waals surface area (Å²) in [6.45, 7) is 3.75. The summed E-state index contributed by atoms with van der Waals surface area (Å²) in [6.07, 6.45) is 9.51. The lowest BCUT2D eigenvalue weighted by Gasteiger charge is -2.13. The van der Waals surface area contributed by atoms with Crippen LogP contribution in [0.3, 0.4) is 0 Å². The maximum absolute atomic E-state index is 6.64. The zero-order chi connectivity index (χ0) is 22.9. The van der Waals surface area contributed by atoms with Crippen LogP contribution in [0, 0.1) is 0 Å². The zero-order valence-corrected chi connectivity index (χ0v) is 18.7. The molecular weight excluding hydrogens is 414 g/mol. The number of nitrogens with zero attached hydrogens (tertiary/aromatic N) is 1. The van der Waals surface area contributed by atoms with Crippen molar-refractivity contribution in [2.75, 3.05) is 0 Å². The quantitative estimate of drug-likeness (QED) is 0.252. The lowest BCUT2D eigenvalue weighted by Crippen LogP contribution is -1.92. The monoisotopic (exact) mass is 437 g/mol. The lowest BCUT2D eigenvalue weighted by atomic mass is 9.95. The summed E-state index contributed by atoms with van der Waals surface area (Å²) in [7, 11) is 0. The van der Waals surface area contributed by atoms with Crippen molar-refractivity contribution < 1.29 is 4.52 Å². The number of aromatic nitrogens is 1. The van der Waals surface area contributed by atoms with Crippen LogP contribution in [0.25, 0.3) is 60.4 Å². The largest absolute Gasteiger partial charge is 0.375 e. The Morgan fingerprint density at radius 1 is 0.559 bits per heavy atom. The van der Waals surface area contributed by atoms with Gasteiger partial charge in [-0.05, 0) is 45.1 Å². The van der Waals surface area contributed by atoms with Crippen LogP contribution < -0.4 is 0 Å². The Kier molecular flexibility index (Phi) is 4.97. The topological polar surface area (TPSA) is 18.1 Å². The molecule has 6 aromatic rings. The summed E-state index contributed by atoms with van der Waals surface area (Å²) in [5.74, 6) is 0. The van der Waals surface area contributed by atoms with E-state index >= 15 is 0 Å². The molecule has 1 aromatic heterocycles. The fourth-order valence-electron chi connectivity index (χ4n) is 4.78. The molecule has 6 rings (SSSR count). The summed E-state index contributed by atoms with van der Waals surface area (Å²) < 4.78 is 8.50. The van der Waals surface area contributed by atoms with Crippen molar-refractivity contribution in [3.63, 3.8) is 0 Å². The van der Waals surface area contributed by atoms with Crippen LogP contribution in [-0.2, 0) is 0 Å². The van der Waals surface area contributed by atoms with E-state index in [0.717, 1.165) is 21.9 Å². The van der Waals surface area contributed by atoms with Gasteiger partial charge in [0, 0.05) is 22.4 Å². The van der Waals surface area contributed by atoms with Crippen LogP contribution >= 0.6 is 0 Å². The van der Waals surface area contributed by atoms with Crippen LogP contribution in [0.5, 0.6) is 0 Å². The molecule has 2 nitrogen and oxygen atoms in total. The predicted molar refractivity (Wildman–Crippen MR) is 147 cm³/mol. The smallest absolute Gasteiger partial charge is 0.164 e. The minimum absolute atomic E-state index is 0.822. The molecule has 0 radical (unpaired) electrons. The molecule has 2 heteroatoms. The second-order valence-corrected chi connectivity index (χ2v) is 8.27. The summed E-state index contributed by atoms with van der Waals surface area (Å²) in [5.41, 5.74) is 1.81. The number of benzene rings is 5. The van der Waals surface area contributed by atoms with Crippen molar-refractivity contribution in [2.24, 2.45) is 0 Å². The molecular formula is C32H23NO. The van der Waals surface area contributed by atoms with Crippen molar-refractivity contribution in [3.05, 3.63) is 128 Å². The third-order valence-electron chi connectivity index (χ3n) is 6.28. The number of rotatable bonds is 3. The number of fused-ring (bicyclic) bond motifs is 9. The number of hydrogen-bond acceptors (Lipinski definition) is 1. The number of allylic oxidation sites excluding steroid dienone is 4.